The number of rotatable bonds is 9. The third kappa shape index (κ3) is 4.56. The normalized spacial score (nSPS) is 11.6. The third-order valence-electron chi connectivity index (χ3n) is 3.14. The standard InChI is InChI=1S/C15H24N2O3S/c1-4-6-7-10-17(3)21(18,19)14-8-9-15(20-5-2)13(11-14)12-16/h4,8-9,11H,1,5-7,10,12,16H2,2-3H3. The number of ether oxygens (including phenoxy) is 1. The lowest BCUT2D eigenvalue weighted by Gasteiger charge is -2.18. The minimum absolute atomic E-state index is 0.235. The van der Waals surface area contributed by atoms with E-state index in [1.165, 1.54) is 4.31 Å². The lowest BCUT2D eigenvalue weighted by molar-refractivity contribution is 0.336. The fraction of sp³-hybridized carbons (Fsp3) is 0.467. The highest BCUT2D eigenvalue weighted by Gasteiger charge is 2.21. The fourth-order valence-corrected chi connectivity index (χ4v) is 3.19. The second kappa shape index (κ2) is 8.17. The molecule has 0 amide bonds. The molecule has 0 atom stereocenters. The smallest absolute Gasteiger partial charge is 0.242 e. The van der Waals surface area contributed by atoms with E-state index in [-0.39, 0.29) is 11.4 Å². The summed E-state index contributed by atoms with van der Waals surface area (Å²) < 4.78 is 31.8. The molecule has 0 saturated heterocycles. The molecule has 6 heteroatoms. The van der Waals surface area contributed by atoms with E-state index in [2.05, 4.69) is 6.58 Å². The van der Waals surface area contributed by atoms with Crippen LogP contribution in [0.3, 0.4) is 0 Å². The largest absolute Gasteiger partial charge is 0.494 e. The molecule has 0 fully saturated rings. The maximum atomic E-state index is 12.5. The van der Waals surface area contributed by atoms with E-state index in [1.807, 2.05) is 6.92 Å². The van der Waals surface area contributed by atoms with Gasteiger partial charge in [-0.2, -0.15) is 0 Å². The van der Waals surface area contributed by atoms with E-state index in [4.69, 9.17) is 10.5 Å². The lowest BCUT2D eigenvalue weighted by atomic mass is 10.2. The molecular weight excluding hydrogens is 288 g/mol. The third-order valence-corrected chi connectivity index (χ3v) is 4.99. The Morgan fingerprint density at radius 3 is 2.71 bits per heavy atom. The molecule has 2 N–H and O–H groups in total. The molecule has 0 aliphatic heterocycles. The number of nitrogens with zero attached hydrogens (tertiary/aromatic N) is 1. The first kappa shape index (κ1) is 17.7. The minimum atomic E-state index is -3.50. The lowest BCUT2D eigenvalue weighted by Crippen LogP contribution is -2.28. The highest BCUT2D eigenvalue weighted by atomic mass is 32.2. The van der Waals surface area contributed by atoms with Crippen molar-refractivity contribution < 1.29 is 13.2 Å². The van der Waals surface area contributed by atoms with Gasteiger partial charge in [-0.1, -0.05) is 6.08 Å². The number of hydrogen-bond donors (Lipinski definition) is 1. The van der Waals surface area contributed by atoms with Crippen molar-refractivity contribution in [1.82, 2.24) is 4.31 Å². The molecule has 0 aliphatic carbocycles. The number of sulfonamides is 1. The van der Waals surface area contributed by atoms with E-state index >= 15 is 0 Å². The second-order valence-corrected chi connectivity index (χ2v) is 6.71. The van der Waals surface area contributed by atoms with Gasteiger partial charge in [-0.25, -0.2) is 12.7 Å². The van der Waals surface area contributed by atoms with Gasteiger partial charge in [0.1, 0.15) is 5.75 Å². The summed E-state index contributed by atoms with van der Waals surface area (Å²) in [5.41, 5.74) is 6.36. The minimum Gasteiger partial charge on any atom is -0.494 e. The number of nitrogens with two attached hydrogens (primary N) is 1. The Balaban J connectivity index is 2.99. The molecule has 0 aromatic heterocycles. The molecule has 118 valence electrons. The van der Waals surface area contributed by atoms with Gasteiger partial charge in [-0.15, -0.1) is 6.58 Å². The van der Waals surface area contributed by atoms with Crippen LogP contribution < -0.4 is 10.5 Å². The van der Waals surface area contributed by atoms with Crippen molar-refractivity contribution >= 4 is 10.0 Å². The van der Waals surface area contributed by atoms with Gasteiger partial charge in [0, 0.05) is 25.7 Å². The van der Waals surface area contributed by atoms with Crippen molar-refractivity contribution in [2.75, 3.05) is 20.2 Å². The van der Waals surface area contributed by atoms with Crippen molar-refractivity contribution in [3.8, 4) is 5.75 Å². The summed E-state index contributed by atoms with van der Waals surface area (Å²) in [7, 11) is -1.92. The molecular formula is C15H24N2O3S. The second-order valence-electron chi connectivity index (χ2n) is 4.66. The number of allylic oxidation sites excluding steroid dienone is 1. The molecule has 0 heterocycles. The van der Waals surface area contributed by atoms with Crippen LogP contribution in [0.2, 0.25) is 0 Å². The first-order valence-corrected chi connectivity index (χ1v) is 8.44. The van der Waals surface area contributed by atoms with Crippen molar-refractivity contribution in [3.05, 3.63) is 36.4 Å². The van der Waals surface area contributed by atoms with Gasteiger partial charge in [-0.3, -0.25) is 0 Å². The summed E-state index contributed by atoms with van der Waals surface area (Å²) in [5, 5.41) is 0. The molecule has 0 aliphatic rings. The fourth-order valence-electron chi connectivity index (χ4n) is 1.93. The zero-order valence-electron chi connectivity index (χ0n) is 12.7. The Morgan fingerprint density at radius 2 is 2.14 bits per heavy atom. The van der Waals surface area contributed by atoms with Crippen LogP contribution in [-0.2, 0) is 16.6 Å². The predicted octanol–water partition coefficient (Wildman–Crippen LogP) is 2.13. The van der Waals surface area contributed by atoms with E-state index in [9.17, 15) is 8.42 Å². The van der Waals surface area contributed by atoms with Crippen molar-refractivity contribution in [3.63, 3.8) is 0 Å². The van der Waals surface area contributed by atoms with Crippen LogP contribution in [-0.4, -0.2) is 32.9 Å². The number of benzene rings is 1. The van der Waals surface area contributed by atoms with Gasteiger partial charge in [0.25, 0.3) is 0 Å². The molecule has 0 bridgehead atoms. The molecule has 1 aromatic rings. The highest BCUT2D eigenvalue weighted by Crippen LogP contribution is 2.24. The van der Waals surface area contributed by atoms with Crippen molar-refractivity contribution in [2.24, 2.45) is 5.73 Å². The zero-order valence-corrected chi connectivity index (χ0v) is 13.5. The number of unbranched alkanes of at least 4 members (excludes halogenated alkanes) is 1. The Labute approximate surface area is 127 Å². The molecule has 0 saturated carbocycles. The Kier molecular flexibility index (Phi) is 6.87. The number of hydrogen-bond acceptors (Lipinski definition) is 4. The molecule has 0 radical (unpaired) electrons. The summed E-state index contributed by atoms with van der Waals surface area (Å²) in [6.45, 7) is 6.71. The topological polar surface area (TPSA) is 72.6 Å². The molecule has 0 unspecified atom stereocenters. The molecule has 0 spiro atoms. The van der Waals surface area contributed by atoms with Gasteiger partial charge in [0.05, 0.1) is 11.5 Å². The predicted molar refractivity (Wildman–Crippen MR) is 84.7 cm³/mol. The first-order valence-electron chi connectivity index (χ1n) is 7.00. The van der Waals surface area contributed by atoms with Crippen LogP contribution in [0.1, 0.15) is 25.3 Å². The van der Waals surface area contributed by atoms with Crippen LogP contribution in [0.15, 0.2) is 35.7 Å². The van der Waals surface area contributed by atoms with E-state index in [0.29, 0.717) is 24.5 Å². The van der Waals surface area contributed by atoms with E-state index in [1.54, 1.807) is 31.3 Å². The monoisotopic (exact) mass is 312 g/mol. The summed E-state index contributed by atoms with van der Waals surface area (Å²) in [6, 6.07) is 4.81. The van der Waals surface area contributed by atoms with Gasteiger partial charge in [-0.05, 0) is 38.0 Å². The molecule has 5 nitrogen and oxygen atoms in total. The van der Waals surface area contributed by atoms with Gasteiger partial charge in [0.15, 0.2) is 0 Å². The average molecular weight is 312 g/mol. The highest BCUT2D eigenvalue weighted by molar-refractivity contribution is 7.89. The quantitative estimate of drug-likeness (QED) is 0.560. The van der Waals surface area contributed by atoms with Crippen LogP contribution in [0.4, 0.5) is 0 Å². The van der Waals surface area contributed by atoms with Crippen molar-refractivity contribution in [2.45, 2.75) is 31.2 Å². The van der Waals surface area contributed by atoms with Gasteiger partial charge >= 0.3 is 0 Å². The van der Waals surface area contributed by atoms with Crippen molar-refractivity contribution in [1.29, 1.82) is 0 Å². The van der Waals surface area contributed by atoms with Gasteiger partial charge in [0.2, 0.25) is 10.0 Å². The first-order chi connectivity index (χ1) is 9.97. The Morgan fingerprint density at radius 1 is 1.43 bits per heavy atom. The maximum absolute atomic E-state index is 12.5. The van der Waals surface area contributed by atoms with E-state index < -0.39 is 10.0 Å². The maximum Gasteiger partial charge on any atom is 0.242 e. The zero-order chi connectivity index (χ0) is 15.9. The summed E-state index contributed by atoms with van der Waals surface area (Å²) in [5.74, 6) is 0.633. The Bertz CT molecular complexity index is 570. The average Bonchev–Trinajstić information content (AvgIpc) is 2.47. The molecule has 1 aromatic carbocycles. The summed E-state index contributed by atoms with van der Waals surface area (Å²) >= 11 is 0. The van der Waals surface area contributed by atoms with Gasteiger partial charge < -0.3 is 10.5 Å². The van der Waals surface area contributed by atoms with E-state index in [0.717, 1.165) is 12.8 Å². The molecule has 1 rings (SSSR count). The van der Waals surface area contributed by atoms with Crippen LogP contribution in [0, 0.1) is 0 Å². The molecule has 21 heavy (non-hydrogen) atoms. The Hall–Kier alpha value is -1.37. The van der Waals surface area contributed by atoms with Crippen LogP contribution in [0.5, 0.6) is 5.75 Å². The van der Waals surface area contributed by atoms with Crippen LogP contribution >= 0.6 is 0 Å². The summed E-state index contributed by atoms with van der Waals surface area (Å²) in [4.78, 5) is 0.243. The summed E-state index contributed by atoms with van der Waals surface area (Å²) in [6.07, 6.45) is 3.32. The van der Waals surface area contributed by atoms with Crippen LogP contribution in [0.25, 0.3) is 0 Å². The SMILES string of the molecule is C=CCCCN(C)S(=O)(=O)c1ccc(OCC)c(CN)c1.